The van der Waals surface area contributed by atoms with E-state index in [1.54, 1.807) is 6.07 Å². The standard InChI is InChI=1S/C14H22FNO/c1-4-10(2)14(17)9-16-11(3)12-6-5-7-13(15)8-12/h5-8,10-11,14,16-17H,4,9H2,1-3H3. The summed E-state index contributed by atoms with van der Waals surface area (Å²) in [5.74, 6) is 0.0563. The molecule has 96 valence electrons. The first kappa shape index (κ1) is 14.1. The van der Waals surface area contributed by atoms with Crippen molar-refractivity contribution in [3.63, 3.8) is 0 Å². The second kappa shape index (κ2) is 6.72. The molecule has 0 fully saturated rings. The second-order valence-corrected chi connectivity index (χ2v) is 4.64. The predicted molar refractivity (Wildman–Crippen MR) is 68.3 cm³/mol. The van der Waals surface area contributed by atoms with Crippen molar-refractivity contribution in [3.8, 4) is 0 Å². The number of nitrogens with one attached hydrogen (secondary N) is 1. The van der Waals surface area contributed by atoms with Crippen LogP contribution in [0.3, 0.4) is 0 Å². The van der Waals surface area contributed by atoms with Crippen LogP contribution in [0, 0.1) is 11.7 Å². The van der Waals surface area contributed by atoms with Crippen LogP contribution in [0.25, 0.3) is 0 Å². The molecule has 2 N–H and O–H groups in total. The first-order valence-corrected chi connectivity index (χ1v) is 6.21. The highest BCUT2D eigenvalue weighted by atomic mass is 19.1. The van der Waals surface area contributed by atoms with Gasteiger partial charge in [0.05, 0.1) is 6.10 Å². The van der Waals surface area contributed by atoms with Crippen LogP contribution in [0.1, 0.15) is 38.8 Å². The molecular weight excluding hydrogens is 217 g/mol. The lowest BCUT2D eigenvalue weighted by Gasteiger charge is -2.21. The Hall–Kier alpha value is -0.930. The molecule has 0 aromatic heterocycles. The zero-order valence-corrected chi connectivity index (χ0v) is 10.8. The number of benzene rings is 1. The SMILES string of the molecule is CCC(C)C(O)CNC(C)c1cccc(F)c1. The smallest absolute Gasteiger partial charge is 0.123 e. The van der Waals surface area contributed by atoms with Crippen LogP contribution < -0.4 is 5.32 Å². The number of halogens is 1. The van der Waals surface area contributed by atoms with Gasteiger partial charge in [-0.1, -0.05) is 32.4 Å². The minimum Gasteiger partial charge on any atom is -0.392 e. The Labute approximate surface area is 103 Å². The van der Waals surface area contributed by atoms with Gasteiger partial charge in [0.15, 0.2) is 0 Å². The molecule has 3 unspecified atom stereocenters. The van der Waals surface area contributed by atoms with Gasteiger partial charge in [-0.05, 0) is 30.5 Å². The summed E-state index contributed by atoms with van der Waals surface area (Å²) >= 11 is 0. The lowest BCUT2D eigenvalue weighted by atomic mass is 10.0. The molecule has 3 heteroatoms. The predicted octanol–water partition coefficient (Wildman–Crippen LogP) is 2.88. The molecule has 0 heterocycles. The molecule has 0 aliphatic heterocycles. The van der Waals surface area contributed by atoms with Gasteiger partial charge in [-0.2, -0.15) is 0 Å². The fourth-order valence-corrected chi connectivity index (χ4v) is 1.66. The minimum absolute atomic E-state index is 0.0457. The first-order chi connectivity index (χ1) is 8.04. The van der Waals surface area contributed by atoms with Crippen molar-refractivity contribution in [2.75, 3.05) is 6.54 Å². The van der Waals surface area contributed by atoms with Crippen LogP contribution in [0.2, 0.25) is 0 Å². The molecule has 2 nitrogen and oxygen atoms in total. The van der Waals surface area contributed by atoms with Gasteiger partial charge in [-0.3, -0.25) is 0 Å². The van der Waals surface area contributed by atoms with E-state index in [-0.39, 0.29) is 23.9 Å². The van der Waals surface area contributed by atoms with Crippen molar-refractivity contribution < 1.29 is 9.50 Å². The third-order valence-electron chi connectivity index (χ3n) is 3.28. The third kappa shape index (κ3) is 4.44. The summed E-state index contributed by atoms with van der Waals surface area (Å²) < 4.78 is 13.0. The minimum atomic E-state index is -0.351. The first-order valence-electron chi connectivity index (χ1n) is 6.21. The molecule has 0 amide bonds. The Kier molecular flexibility index (Phi) is 5.59. The molecule has 0 aliphatic carbocycles. The summed E-state index contributed by atoms with van der Waals surface area (Å²) in [6.45, 7) is 6.59. The van der Waals surface area contributed by atoms with Gasteiger partial charge in [0.2, 0.25) is 0 Å². The van der Waals surface area contributed by atoms with Crippen molar-refractivity contribution in [3.05, 3.63) is 35.6 Å². The van der Waals surface area contributed by atoms with Crippen LogP contribution in [-0.2, 0) is 0 Å². The summed E-state index contributed by atoms with van der Waals surface area (Å²) in [4.78, 5) is 0. The van der Waals surface area contributed by atoms with Gasteiger partial charge in [0.25, 0.3) is 0 Å². The average Bonchev–Trinajstić information content (AvgIpc) is 2.34. The van der Waals surface area contributed by atoms with Crippen LogP contribution >= 0.6 is 0 Å². The Balaban J connectivity index is 2.47. The van der Waals surface area contributed by atoms with Crippen molar-refractivity contribution in [1.82, 2.24) is 5.32 Å². The van der Waals surface area contributed by atoms with E-state index in [9.17, 15) is 9.50 Å². The fraction of sp³-hybridized carbons (Fsp3) is 0.571. The van der Waals surface area contributed by atoms with E-state index in [0.717, 1.165) is 12.0 Å². The second-order valence-electron chi connectivity index (χ2n) is 4.64. The zero-order valence-electron chi connectivity index (χ0n) is 10.8. The summed E-state index contributed by atoms with van der Waals surface area (Å²) in [5.41, 5.74) is 0.904. The van der Waals surface area contributed by atoms with E-state index in [1.807, 2.05) is 19.9 Å². The van der Waals surface area contributed by atoms with Gasteiger partial charge < -0.3 is 10.4 Å². The van der Waals surface area contributed by atoms with Crippen LogP contribution in [0.4, 0.5) is 4.39 Å². The number of aliphatic hydroxyl groups is 1. The molecule has 0 bridgehead atoms. The number of hydrogen-bond acceptors (Lipinski definition) is 2. The largest absolute Gasteiger partial charge is 0.392 e. The summed E-state index contributed by atoms with van der Waals surface area (Å²) in [6.07, 6.45) is 0.605. The Morgan fingerprint density at radius 1 is 1.35 bits per heavy atom. The Morgan fingerprint density at radius 2 is 2.06 bits per heavy atom. The van der Waals surface area contributed by atoms with Gasteiger partial charge >= 0.3 is 0 Å². The third-order valence-corrected chi connectivity index (χ3v) is 3.28. The highest BCUT2D eigenvalue weighted by Gasteiger charge is 2.13. The lowest BCUT2D eigenvalue weighted by molar-refractivity contribution is 0.110. The molecule has 0 saturated carbocycles. The number of rotatable bonds is 6. The summed E-state index contributed by atoms with van der Waals surface area (Å²) in [7, 11) is 0. The van der Waals surface area contributed by atoms with Crippen molar-refractivity contribution in [1.29, 1.82) is 0 Å². The Morgan fingerprint density at radius 3 is 2.65 bits per heavy atom. The molecule has 0 aliphatic rings. The molecule has 1 aromatic carbocycles. The van der Waals surface area contributed by atoms with Gasteiger partial charge in [0, 0.05) is 12.6 Å². The van der Waals surface area contributed by atoms with Crippen LogP contribution in [0.5, 0.6) is 0 Å². The van der Waals surface area contributed by atoms with E-state index < -0.39 is 0 Å². The fourth-order valence-electron chi connectivity index (χ4n) is 1.66. The lowest BCUT2D eigenvalue weighted by Crippen LogP contribution is -2.33. The van der Waals surface area contributed by atoms with Crippen molar-refractivity contribution >= 4 is 0 Å². The normalized spacial score (nSPS) is 16.5. The number of aliphatic hydroxyl groups excluding tert-OH is 1. The van der Waals surface area contributed by atoms with E-state index in [2.05, 4.69) is 12.2 Å². The maximum absolute atomic E-state index is 13.0. The van der Waals surface area contributed by atoms with Gasteiger partial charge in [-0.15, -0.1) is 0 Å². The van der Waals surface area contributed by atoms with E-state index >= 15 is 0 Å². The van der Waals surface area contributed by atoms with Gasteiger partial charge in [-0.25, -0.2) is 4.39 Å². The summed E-state index contributed by atoms with van der Waals surface area (Å²) in [6, 6.07) is 6.59. The van der Waals surface area contributed by atoms with E-state index in [4.69, 9.17) is 0 Å². The van der Waals surface area contributed by atoms with Gasteiger partial charge in [0.1, 0.15) is 5.82 Å². The molecule has 0 spiro atoms. The van der Waals surface area contributed by atoms with Crippen molar-refractivity contribution in [2.24, 2.45) is 5.92 Å². The van der Waals surface area contributed by atoms with Crippen LogP contribution in [-0.4, -0.2) is 17.8 Å². The molecule has 0 radical (unpaired) electrons. The highest BCUT2D eigenvalue weighted by Crippen LogP contribution is 2.14. The zero-order chi connectivity index (χ0) is 12.8. The monoisotopic (exact) mass is 239 g/mol. The van der Waals surface area contributed by atoms with Crippen LogP contribution in [0.15, 0.2) is 24.3 Å². The highest BCUT2D eigenvalue weighted by molar-refractivity contribution is 5.19. The quantitative estimate of drug-likeness (QED) is 0.800. The molecule has 3 atom stereocenters. The Bertz CT molecular complexity index is 343. The molecular formula is C14H22FNO. The topological polar surface area (TPSA) is 32.3 Å². The summed E-state index contributed by atoms with van der Waals surface area (Å²) in [5, 5.41) is 13.1. The molecule has 0 saturated heterocycles. The van der Waals surface area contributed by atoms with E-state index in [1.165, 1.54) is 12.1 Å². The maximum atomic E-state index is 13.0. The van der Waals surface area contributed by atoms with Crippen molar-refractivity contribution in [2.45, 2.75) is 39.3 Å². The number of hydrogen-bond donors (Lipinski definition) is 2. The van der Waals surface area contributed by atoms with E-state index in [0.29, 0.717) is 6.54 Å². The molecule has 17 heavy (non-hydrogen) atoms. The molecule has 1 aromatic rings. The maximum Gasteiger partial charge on any atom is 0.123 e. The molecule has 1 rings (SSSR count). The average molecular weight is 239 g/mol.